The van der Waals surface area contributed by atoms with Gasteiger partial charge in [0.05, 0.1) is 45.4 Å². The summed E-state index contributed by atoms with van der Waals surface area (Å²) < 4.78 is 23.1. The summed E-state index contributed by atoms with van der Waals surface area (Å²) in [4.78, 5) is 0. The molecule has 1 heterocycles. The summed E-state index contributed by atoms with van der Waals surface area (Å²) in [6.45, 7) is 6.45. The number of hydrogen-bond acceptors (Lipinski definition) is 5. The summed E-state index contributed by atoms with van der Waals surface area (Å²) in [5.74, 6) is 2.49. The Balaban J connectivity index is 1.32. The summed E-state index contributed by atoms with van der Waals surface area (Å²) in [7, 11) is 1.65. The van der Waals surface area contributed by atoms with Crippen LogP contribution in [0, 0.1) is 11.8 Å². The van der Waals surface area contributed by atoms with Crippen LogP contribution in [0.3, 0.4) is 0 Å². The zero-order chi connectivity index (χ0) is 24.2. The molecule has 5 heteroatoms. The highest BCUT2D eigenvalue weighted by atomic mass is 16.5. The van der Waals surface area contributed by atoms with Gasteiger partial charge in [-0.3, -0.25) is 0 Å². The Morgan fingerprint density at radius 1 is 1.00 bits per heavy atom. The molecule has 2 aromatic rings. The number of aliphatic hydroxyl groups is 1. The maximum absolute atomic E-state index is 10.5. The molecule has 0 unspecified atom stereocenters. The smallest absolute Gasteiger partial charge is 0.118 e. The third kappa shape index (κ3) is 8.79. The molecule has 0 amide bonds. The maximum Gasteiger partial charge on any atom is 0.118 e. The van der Waals surface area contributed by atoms with Gasteiger partial charge in [0.15, 0.2) is 0 Å². The number of rotatable bonds is 14. The second kappa shape index (κ2) is 14.1. The van der Waals surface area contributed by atoms with Crippen molar-refractivity contribution in [1.29, 1.82) is 0 Å². The van der Waals surface area contributed by atoms with E-state index in [1.54, 1.807) is 7.11 Å². The fourth-order valence-corrected chi connectivity index (χ4v) is 4.04. The number of allylic oxidation sites excluding steroid dienone is 2. The molecular formula is C29H40O5. The predicted octanol–water partition coefficient (Wildman–Crippen LogP) is 5.90. The Bertz CT molecular complexity index is 849. The van der Waals surface area contributed by atoms with Gasteiger partial charge < -0.3 is 24.1 Å². The van der Waals surface area contributed by atoms with Crippen molar-refractivity contribution in [1.82, 2.24) is 0 Å². The molecule has 0 fully saturated rings. The van der Waals surface area contributed by atoms with E-state index in [1.165, 1.54) is 5.56 Å². The molecule has 0 spiro atoms. The third-order valence-electron chi connectivity index (χ3n) is 6.53. The molecule has 1 N–H and O–H groups in total. The summed E-state index contributed by atoms with van der Waals surface area (Å²) in [5, 5.41) is 10.5. The van der Waals surface area contributed by atoms with E-state index in [-0.39, 0.29) is 12.0 Å². The van der Waals surface area contributed by atoms with E-state index in [0.29, 0.717) is 32.3 Å². The summed E-state index contributed by atoms with van der Waals surface area (Å²) in [6, 6.07) is 18.0. The van der Waals surface area contributed by atoms with Crippen molar-refractivity contribution in [3.05, 3.63) is 77.6 Å². The molecule has 0 bridgehead atoms. The Morgan fingerprint density at radius 3 is 2.44 bits per heavy atom. The van der Waals surface area contributed by atoms with Crippen LogP contribution in [0.5, 0.6) is 5.75 Å². The molecule has 0 saturated carbocycles. The van der Waals surface area contributed by atoms with Gasteiger partial charge in [0.1, 0.15) is 11.9 Å². The van der Waals surface area contributed by atoms with Gasteiger partial charge in [0.2, 0.25) is 0 Å². The van der Waals surface area contributed by atoms with E-state index in [9.17, 15) is 5.11 Å². The van der Waals surface area contributed by atoms with Gasteiger partial charge in [0.25, 0.3) is 0 Å². The predicted molar refractivity (Wildman–Crippen MR) is 135 cm³/mol. The van der Waals surface area contributed by atoms with Crippen LogP contribution in [0.15, 0.2) is 66.4 Å². The molecule has 5 nitrogen and oxygen atoms in total. The first-order chi connectivity index (χ1) is 16.5. The topological polar surface area (TPSA) is 57.2 Å². The van der Waals surface area contributed by atoms with Crippen LogP contribution >= 0.6 is 0 Å². The van der Waals surface area contributed by atoms with Gasteiger partial charge in [-0.2, -0.15) is 0 Å². The quantitative estimate of drug-likeness (QED) is 0.350. The number of hydrogen-bond donors (Lipinski definition) is 1. The maximum atomic E-state index is 10.5. The first-order valence-corrected chi connectivity index (χ1v) is 12.4. The average Bonchev–Trinajstić information content (AvgIpc) is 2.87. The van der Waals surface area contributed by atoms with Crippen molar-refractivity contribution in [3.63, 3.8) is 0 Å². The Labute approximate surface area is 204 Å². The van der Waals surface area contributed by atoms with Crippen LogP contribution in [-0.2, 0) is 27.4 Å². The minimum Gasteiger partial charge on any atom is -0.497 e. The minimum absolute atomic E-state index is 0.132. The number of benzene rings is 2. The van der Waals surface area contributed by atoms with Crippen LogP contribution in [-0.4, -0.2) is 37.6 Å². The van der Waals surface area contributed by atoms with Crippen molar-refractivity contribution < 1.29 is 24.1 Å². The fraction of sp³-hybridized carbons (Fsp3) is 0.517. The van der Waals surface area contributed by atoms with Crippen molar-refractivity contribution in [3.8, 4) is 5.75 Å². The van der Waals surface area contributed by atoms with Gasteiger partial charge in [-0.05, 0) is 54.0 Å². The zero-order valence-corrected chi connectivity index (χ0v) is 20.8. The second-order valence-corrected chi connectivity index (χ2v) is 9.31. The zero-order valence-electron chi connectivity index (χ0n) is 20.8. The summed E-state index contributed by atoms with van der Waals surface area (Å²) in [5.41, 5.74) is 2.26. The number of aliphatic hydroxyl groups excluding tert-OH is 1. The minimum atomic E-state index is -0.497. The molecule has 0 radical (unpaired) electrons. The molecule has 2 aromatic carbocycles. The van der Waals surface area contributed by atoms with Gasteiger partial charge >= 0.3 is 0 Å². The lowest BCUT2D eigenvalue weighted by molar-refractivity contribution is -0.00553. The van der Waals surface area contributed by atoms with Crippen molar-refractivity contribution in [2.24, 2.45) is 11.8 Å². The molecule has 3 rings (SSSR count). The average molecular weight is 469 g/mol. The van der Waals surface area contributed by atoms with Crippen LogP contribution < -0.4 is 4.74 Å². The molecular weight excluding hydrogens is 428 g/mol. The highest BCUT2D eigenvalue weighted by molar-refractivity contribution is 5.26. The Hall–Kier alpha value is -2.34. The van der Waals surface area contributed by atoms with Crippen LogP contribution in [0.2, 0.25) is 0 Å². The van der Waals surface area contributed by atoms with Crippen molar-refractivity contribution in [2.75, 3.05) is 20.3 Å². The molecule has 0 saturated heterocycles. The van der Waals surface area contributed by atoms with Crippen molar-refractivity contribution >= 4 is 0 Å². The third-order valence-corrected chi connectivity index (χ3v) is 6.53. The molecule has 0 aliphatic carbocycles. The van der Waals surface area contributed by atoms with Gasteiger partial charge in [-0.15, -0.1) is 0 Å². The highest BCUT2D eigenvalue weighted by Crippen LogP contribution is 2.29. The number of methoxy groups -OCH3 is 1. The monoisotopic (exact) mass is 468 g/mol. The highest BCUT2D eigenvalue weighted by Gasteiger charge is 2.24. The second-order valence-electron chi connectivity index (χ2n) is 9.31. The SMILES string of the molecule is COc1ccc(COC[C@H](O)[C@@H](C)CCC2=CC[C@H](C)[C@@H](CCOCc3ccccc3)O2)cc1. The molecule has 1 aliphatic rings. The van der Waals surface area contributed by atoms with E-state index in [2.05, 4.69) is 32.1 Å². The van der Waals surface area contributed by atoms with Gasteiger partial charge in [0, 0.05) is 12.8 Å². The first kappa shape index (κ1) is 26.3. The Morgan fingerprint density at radius 2 is 1.71 bits per heavy atom. The van der Waals surface area contributed by atoms with Crippen LogP contribution in [0.1, 0.15) is 50.7 Å². The van der Waals surface area contributed by atoms with Gasteiger partial charge in [-0.1, -0.05) is 56.3 Å². The van der Waals surface area contributed by atoms with Gasteiger partial charge in [-0.25, -0.2) is 0 Å². The molecule has 4 atom stereocenters. The Kier molecular flexibility index (Phi) is 10.9. The molecule has 34 heavy (non-hydrogen) atoms. The lowest BCUT2D eigenvalue weighted by atomic mass is 9.93. The molecule has 1 aliphatic heterocycles. The molecule has 0 aromatic heterocycles. The number of ether oxygens (including phenoxy) is 4. The lowest BCUT2D eigenvalue weighted by Crippen LogP contribution is -2.27. The van der Waals surface area contributed by atoms with E-state index in [0.717, 1.165) is 42.8 Å². The van der Waals surface area contributed by atoms with E-state index < -0.39 is 6.10 Å². The van der Waals surface area contributed by atoms with E-state index in [4.69, 9.17) is 18.9 Å². The summed E-state index contributed by atoms with van der Waals surface area (Å²) >= 11 is 0. The van der Waals surface area contributed by atoms with E-state index >= 15 is 0 Å². The van der Waals surface area contributed by atoms with Crippen molar-refractivity contribution in [2.45, 2.75) is 65.0 Å². The lowest BCUT2D eigenvalue weighted by Gasteiger charge is -2.31. The first-order valence-electron chi connectivity index (χ1n) is 12.4. The van der Waals surface area contributed by atoms with E-state index in [1.807, 2.05) is 42.5 Å². The standard InChI is InChI=1S/C29H40O5/c1-22(28(30)21-33-20-25-11-15-26(31-3)16-12-25)9-13-27-14-10-23(2)29(34-27)17-18-32-19-24-7-5-4-6-8-24/h4-8,11-12,14-16,22-23,28-30H,9-10,13,17-21H2,1-3H3/t22-,23-,28-,29+/m0/s1. The summed E-state index contributed by atoms with van der Waals surface area (Å²) in [6.07, 6.45) is 5.52. The largest absolute Gasteiger partial charge is 0.497 e. The fourth-order valence-electron chi connectivity index (χ4n) is 4.04. The normalized spacial score (nSPS) is 19.7. The van der Waals surface area contributed by atoms with Crippen LogP contribution in [0.25, 0.3) is 0 Å². The van der Waals surface area contributed by atoms with Crippen LogP contribution in [0.4, 0.5) is 0 Å². The molecule has 186 valence electrons.